The molecular weight excluding hydrogens is 268 g/mol. The number of hydrazine groups is 2. The van der Waals surface area contributed by atoms with E-state index in [1.807, 2.05) is 17.1 Å². The first-order valence-electron chi connectivity index (χ1n) is 6.31. The van der Waals surface area contributed by atoms with Gasteiger partial charge in [0.15, 0.2) is 6.29 Å². The molecule has 3 fully saturated rings. The van der Waals surface area contributed by atoms with Crippen molar-refractivity contribution in [1.82, 2.24) is 31.5 Å². The molecule has 0 bridgehead atoms. The largest absolute Gasteiger partial charge is 0.285 e. The Balaban J connectivity index is 1.84. The smallest absolute Gasteiger partial charge is 0.203 e. The van der Waals surface area contributed by atoms with Crippen molar-refractivity contribution in [3.63, 3.8) is 0 Å². The summed E-state index contributed by atoms with van der Waals surface area (Å²) in [5.41, 5.74) is 7.06. The van der Waals surface area contributed by atoms with E-state index in [1.165, 1.54) is 12.8 Å². The Kier molecular flexibility index (Phi) is 3.41. The van der Waals surface area contributed by atoms with E-state index in [0.717, 1.165) is 18.0 Å². The molecule has 0 amide bonds. The summed E-state index contributed by atoms with van der Waals surface area (Å²) in [4.78, 5) is 0. The molecule has 0 aromatic carbocycles. The predicted octanol–water partition coefficient (Wildman–Crippen LogP) is -0.0788. The monoisotopic (exact) mass is 288 g/mol. The van der Waals surface area contributed by atoms with E-state index in [0.29, 0.717) is 0 Å². The van der Waals surface area contributed by atoms with Crippen LogP contribution in [0.25, 0.3) is 0 Å². The van der Waals surface area contributed by atoms with Gasteiger partial charge in [0, 0.05) is 7.05 Å². The third-order valence-electron chi connectivity index (χ3n) is 3.80. The van der Waals surface area contributed by atoms with E-state index in [4.69, 9.17) is 12.2 Å². The van der Waals surface area contributed by atoms with Crippen LogP contribution in [0.2, 0.25) is 0 Å². The molecule has 3 rings (SSSR count). The summed E-state index contributed by atoms with van der Waals surface area (Å²) < 4.78 is 0. The minimum atomic E-state index is -0.0276. The van der Waals surface area contributed by atoms with E-state index in [9.17, 15) is 0 Å². The van der Waals surface area contributed by atoms with Gasteiger partial charge in [0.1, 0.15) is 5.50 Å². The van der Waals surface area contributed by atoms with Gasteiger partial charge in [-0.05, 0) is 31.3 Å². The Morgan fingerprint density at radius 3 is 2.78 bits per heavy atom. The minimum absolute atomic E-state index is 0.0276. The molecule has 2 saturated heterocycles. The van der Waals surface area contributed by atoms with Gasteiger partial charge in [-0.15, -0.1) is 11.8 Å². The second kappa shape index (κ2) is 4.77. The van der Waals surface area contributed by atoms with Gasteiger partial charge in [-0.1, -0.05) is 12.8 Å². The summed E-state index contributed by atoms with van der Waals surface area (Å²) in [6, 6.07) is 0. The normalized spacial score (nSPS) is 35.1. The Morgan fingerprint density at radius 1 is 1.39 bits per heavy atom. The number of thioether (sulfide) groups is 1. The zero-order chi connectivity index (χ0) is 12.8. The molecular formula is C10H20N6S2. The highest BCUT2D eigenvalue weighted by molar-refractivity contribution is 7.99. The number of hydrogen-bond acceptors (Lipinski definition) is 6. The Hall–Kier alpha value is -0.120. The van der Waals surface area contributed by atoms with Crippen LogP contribution in [0.3, 0.4) is 0 Å². The predicted molar refractivity (Wildman–Crippen MR) is 77.0 cm³/mol. The molecule has 8 heteroatoms. The molecule has 18 heavy (non-hydrogen) atoms. The van der Waals surface area contributed by atoms with Gasteiger partial charge in [-0.3, -0.25) is 15.6 Å². The zero-order valence-electron chi connectivity index (χ0n) is 10.7. The van der Waals surface area contributed by atoms with Crippen LogP contribution in [0.5, 0.6) is 0 Å². The SMILES string of the molecule is CSC1NC2NC3(CCCC3)NN(C)C(=S)N2N1. The summed E-state index contributed by atoms with van der Waals surface area (Å²) in [6.07, 6.45) is 6.91. The van der Waals surface area contributed by atoms with Gasteiger partial charge in [0.05, 0.1) is 5.66 Å². The van der Waals surface area contributed by atoms with Crippen LogP contribution in [0.4, 0.5) is 0 Å². The van der Waals surface area contributed by atoms with Crippen molar-refractivity contribution in [2.24, 2.45) is 0 Å². The standard InChI is InChI=1S/C10H20N6S2/c1-15-9(17)16-7(11-8(13-16)18-2)12-10(14-15)5-3-4-6-10/h7-8,11-14H,3-6H2,1-2H3. The highest BCUT2D eigenvalue weighted by Gasteiger charge is 2.45. The third-order valence-corrected chi connectivity index (χ3v) is 4.99. The lowest BCUT2D eigenvalue weighted by molar-refractivity contribution is 0.149. The van der Waals surface area contributed by atoms with Crippen LogP contribution in [-0.4, -0.2) is 45.9 Å². The molecule has 3 aliphatic rings. The van der Waals surface area contributed by atoms with Crippen LogP contribution in [0.15, 0.2) is 0 Å². The number of nitrogens with one attached hydrogen (secondary N) is 4. The molecule has 2 atom stereocenters. The van der Waals surface area contributed by atoms with E-state index in [1.54, 1.807) is 11.8 Å². The molecule has 1 aliphatic carbocycles. The van der Waals surface area contributed by atoms with Crippen molar-refractivity contribution < 1.29 is 0 Å². The minimum Gasteiger partial charge on any atom is -0.285 e. The van der Waals surface area contributed by atoms with Crippen molar-refractivity contribution in [3.8, 4) is 0 Å². The summed E-state index contributed by atoms with van der Waals surface area (Å²) in [6.45, 7) is 0. The summed E-state index contributed by atoms with van der Waals surface area (Å²) in [5, 5.41) is 11.9. The van der Waals surface area contributed by atoms with Gasteiger partial charge in [-0.2, -0.15) is 0 Å². The zero-order valence-corrected chi connectivity index (χ0v) is 12.3. The first-order valence-corrected chi connectivity index (χ1v) is 8.01. The Bertz CT molecular complexity index is 345. The van der Waals surface area contributed by atoms with Crippen LogP contribution >= 0.6 is 24.0 Å². The first kappa shape index (κ1) is 12.9. The second-order valence-corrected chi connectivity index (χ2v) is 6.38. The van der Waals surface area contributed by atoms with Crippen LogP contribution in [0.1, 0.15) is 25.7 Å². The lowest BCUT2D eigenvalue weighted by Gasteiger charge is -2.34. The number of nitrogens with zero attached hydrogens (tertiary/aromatic N) is 2. The van der Waals surface area contributed by atoms with Crippen LogP contribution in [-0.2, 0) is 0 Å². The second-order valence-electron chi connectivity index (χ2n) is 5.07. The highest BCUT2D eigenvalue weighted by atomic mass is 32.2. The fourth-order valence-corrected chi connectivity index (χ4v) is 3.60. The molecule has 2 heterocycles. The van der Waals surface area contributed by atoms with Gasteiger partial charge in [-0.25, -0.2) is 15.9 Å². The molecule has 1 saturated carbocycles. The van der Waals surface area contributed by atoms with Crippen molar-refractivity contribution in [3.05, 3.63) is 0 Å². The van der Waals surface area contributed by atoms with Gasteiger partial charge in [0.25, 0.3) is 0 Å². The van der Waals surface area contributed by atoms with E-state index in [2.05, 4.69) is 27.7 Å². The quantitative estimate of drug-likeness (QED) is 0.500. The Morgan fingerprint density at radius 2 is 2.11 bits per heavy atom. The van der Waals surface area contributed by atoms with Gasteiger partial charge < -0.3 is 0 Å². The summed E-state index contributed by atoms with van der Waals surface area (Å²) in [5.74, 6) is 0. The molecule has 2 unspecified atom stereocenters. The van der Waals surface area contributed by atoms with Gasteiger partial charge >= 0.3 is 0 Å². The summed E-state index contributed by atoms with van der Waals surface area (Å²) >= 11 is 7.25. The maximum atomic E-state index is 5.51. The fraction of sp³-hybridized carbons (Fsp3) is 0.900. The van der Waals surface area contributed by atoms with Crippen molar-refractivity contribution >= 4 is 29.1 Å². The highest BCUT2D eigenvalue weighted by Crippen LogP contribution is 2.30. The average molecular weight is 288 g/mol. The summed E-state index contributed by atoms with van der Waals surface area (Å²) in [7, 11) is 1.99. The molecule has 0 radical (unpaired) electrons. The van der Waals surface area contributed by atoms with Crippen molar-refractivity contribution in [1.29, 1.82) is 0 Å². The van der Waals surface area contributed by atoms with E-state index in [-0.39, 0.29) is 17.5 Å². The van der Waals surface area contributed by atoms with Crippen LogP contribution in [0, 0.1) is 0 Å². The van der Waals surface area contributed by atoms with Crippen LogP contribution < -0.4 is 21.5 Å². The molecule has 4 N–H and O–H groups in total. The lowest BCUT2D eigenvalue weighted by atomic mass is 10.1. The third kappa shape index (κ3) is 2.10. The lowest BCUT2D eigenvalue weighted by Crippen LogP contribution is -2.62. The van der Waals surface area contributed by atoms with Crippen molar-refractivity contribution in [2.45, 2.75) is 43.1 Å². The molecule has 0 aromatic heterocycles. The Labute approximate surface area is 117 Å². The van der Waals surface area contributed by atoms with E-state index < -0.39 is 0 Å². The molecule has 0 aromatic rings. The average Bonchev–Trinajstić information content (AvgIpc) is 2.93. The van der Waals surface area contributed by atoms with E-state index >= 15 is 0 Å². The first-order chi connectivity index (χ1) is 8.63. The van der Waals surface area contributed by atoms with Crippen molar-refractivity contribution in [2.75, 3.05) is 13.3 Å². The van der Waals surface area contributed by atoms with Gasteiger partial charge in [0.2, 0.25) is 5.11 Å². The molecule has 1 spiro atoms. The number of rotatable bonds is 1. The topological polar surface area (TPSA) is 54.6 Å². The molecule has 2 aliphatic heterocycles. The maximum absolute atomic E-state index is 5.51. The fourth-order valence-electron chi connectivity index (χ4n) is 2.91. The molecule has 6 nitrogen and oxygen atoms in total. The number of hydrogen-bond donors (Lipinski definition) is 4. The number of fused-ring (bicyclic) bond motifs is 1. The molecule has 102 valence electrons. The maximum Gasteiger partial charge on any atom is 0.203 e. The number of thiocarbonyl (C=S) groups is 1.